The van der Waals surface area contributed by atoms with Gasteiger partial charge >= 0.3 is 0 Å². The number of rotatable bonds is 4. The summed E-state index contributed by atoms with van der Waals surface area (Å²) in [4.78, 5) is 9.89. The van der Waals surface area contributed by atoms with Crippen LogP contribution < -0.4 is 15.1 Å². The quantitative estimate of drug-likeness (QED) is 0.246. The molecule has 5 heterocycles. The number of nitrogens with zero attached hydrogens (tertiary/aromatic N) is 6. The number of nitrogens with one attached hydrogen (secondary N) is 3. The maximum absolute atomic E-state index is 7.00. The third-order valence-electron chi connectivity index (χ3n) is 9.79. The number of aromatic nitrogens is 4. The first-order valence-electron chi connectivity index (χ1n) is 17.4. The molecule has 3 N–H and O–H groups in total. The van der Waals surface area contributed by atoms with Crippen molar-refractivity contribution >= 4 is 33.3 Å². The SMILES string of the molecule is Cc1cn[nH]c1CN1CCN2CCNCCN(CCOCCOCC2)CCN(Cc2[nH]ncc2C)c2cccc3c2oc2c1cccc23. The van der Waals surface area contributed by atoms with Gasteiger partial charge in [0.15, 0.2) is 11.2 Å². The maximum atomic E-state index is 7.00. The fourth-order valence-corrected chi connectivity index (χ4v) is 6.81. The number of H-pyrrole nitrogens is 2. The molecule has 0 spiro atoms. The maximum Gasteiger partial charge on any atom is 0.158 e. The summed E-state index contributed by atoms with van der Waals surface area (Å²) in [5, 5.41) is 21.2. The smallest absolute Gasteiger partial charge is 0.158 e. The van der Waals surface area contributed by atoms with Gasteiger partial charge in [0.25, 0.3) is 0 Å². The lowest BCUT2D eigenvalue weighted by molar-refractivity contribution is 0.0327. The van der Waals surface area contributed by atoms with Gasteiger partial charge in [0.05, 0.1) is 74.7 Å². The zero-order valence-electron chi connectivity index (χ0n) is 28.3. The Kier molecular flexibility index (Phi) is 10.5. The summed E-state index contributed by atoms with van der Waals surface area (Å²) in [6.07, 6.45) is 3.80. The van der Waals surface area contributed by atoms with Crippen molar-refractivity contribution < 1.29 is 13.9 Å². The van der Waals surface area contributed by atoms with Crippen molar-refractivity contribution in [1.82, 2.24) is 35.5 Å². The molecule has 12 heteroatoms. The summed E-state index contributed by atoms with van der Waals surface area (Å²) < 4.78 is 19.1. The second-order valence-electron chi connectivity index (χ2n) is 13.0. The van der Waals surface area contributed by atoms with E-state index in [9.17, 15) is 0 Å². The van der Waals surface area contributed by atoms with Gasteiger partial charge in [0.1, 0.15) is 0 Å². The molecule has 2 unspecified atom stereocenters. The van der Waals surface area contributed by atoms with Crippen LogP contribution in [0.4, 0.5) is 11.4 Å². The Morgan fingerprint density at radius 3 is 1.56 bits per heavy atom. The predicted molar refractivity (Wildman–Crippen MR) is 190 cm³/mol. The van der Waals surface area contributed by atoms with Crippen molar-refractivity contribution in [2.75, 3.05) is 102 Å². The Labute approximate surface area is 282 Å². The minimum absolute atomic E-state index is 0.612. The number of ether oxygens (including phenoxy) is 2. The molecular weight excluding hydrogens is 606 g/mol. The lowest BCUT2D eigenvalue weighted by Gasteiger charge is -2.30. The van der Waals surface area contributed by atoms with Gasteiger partial charge in [-0.05, 0) is 37.1 Å². The van der Waals surface area contributed by atoms with E-state index in [1.165, 1.54) is 0 Å². The van der Waals surface area contributed by atoms with Gasteiger partial charge in [-0.15, -0.1) is 0 Å². The minimum Gasteiger partial charge on any atom is -0.452 e. The molecule has 3 aromatic heterocycles. The zero-order chi connectivity index (χ0) is 32.7. The van der Waals surface area contributed by atoms with E-state index >= 15 is 0 Å². The van der Waals surface area contributed by atoms with Crippen LogP contribution in [0, 0.1) is 13.8 Å². The lowest BCUT2D eigenvalue weighted by Crippen LogP contribution is -2.42. The second-order valence-corrected chi connectivity index (χ2v) is 13.0. The van der Waals surface area contributed by atoms with Crippen LogP contribution in [0.5, 0.6) is 0 Å². The van der Waals surface area contributed by atoms with Gasteiger partial charge in [0, 0.05) is 76.2 Å². The predicted octanol–water partition coefficient (Wildman–Crippen LogP) is 3.92. The van der Waals surface area contributed by atoms with Gasteiger partial charge in [-0.25, -0.2) is 0 Å². The Morgan fingerprint density at radius 2 is 1.10 bits per heavy atom. The van der Waals surface area contributed by atoms with Crippen molar-refractivity contribution in [2.45, 2.75) is 26.9 Å². The standard InChI is InChI=1S/C36H49N9O3/c1-27-23-38-40-31(27)25-44-15-13-42-11-9-37-10-12-43(18-20-47-22-21-46-19-17-42)14-16-45(26-32-28(2)24-39-41-32)34-8-4-6-30-29-5-3-7-33(44)35(29)48-36(30)34/h3-8,23-24,37H,9-22,25-26H2,1-2H3,(H,38,40)(H,39,41). The molecule has 256 valence electrons. The molecule has 0 saturated carbocycles. The number of hydrogen-bond acceptors (Lipinski definition) is 10. The van der Waals surface area contributed by atoms with Crippen LogP contribution in [-0.2, 0) is 22.6 Å². The largest absolute Gasteiger partial charge is 0.452 e. The molecule has 2 aliphatic heterocycles. The zero-order valence-corrected chi connectivity index (χ0v) is 28.3. The molecular formula is C36H49N9O3. The van der Waals surface area contributed by atoms with Crippen LogP contribution >= 0.6 is 0 Å². The highest BCUT2D eigenvalue weighted by molar-refractivity contribution is 6.12. The molecule has 2 atom stereocenters. The number of anilines is 2. The summed E-state index contributed by atoms with van der Waals surface area (Å²) in [6, 6.07) is 13.1. The molecule has 5 aromatic rings. The Morgan fingerprint density at radius 1 is 0.604 bits per heavy atom. The van der Waals surface area contributed by atoms with Crippen molar-refractivity contribution in [3.63, 3.8) is 0 Å². The fourth-order valence-electron chi connectivity index (χ4n) is 6.81. The average Bonchev–Trinajstić information content (AvgIpc) is 3.81. The van der Waals surface area contributed by atoms with E-state index in [0.717, 1.165) is 121 Å². The average molecular weight is 656 g/mol. The molecule has 1 fully saturated rings. The number of para-hydroxylation sites is 2. The van der Waals surface area contributed by atoms with Gasteiger partial charge in [-0.1, -0.05) is 24.3 Å². The summed E-state index contributed by atoms with van der Waals surface area (Å²) in [5.41, 5.74) is 8.53. The second kappa shape index (κ2) is 15.5. The summed E-state index contributed by atoms with van der Waals surface area (Å²) in [6.45, 7) is 17.1. The normalized spacial score (nSPS) is 21.0. The third kappa shape index (κ3) is 7.53. The highest BCUT2D eigenvalue weighted by atomic mass is 16.5. The van der Waals surface area contributed by atoms with Crippen LogP contribution in [0.2, 0.25) is 0 Å². The first-order valence-corrected chi connectivity index (χ1v) is 17.4. The van der Waals surface area contributed by atoms with Gasteiger partial charge in [-0.2, -0.15) is 10.2 Å². The van der Waals surface area contributed by atoms with Crippen molar-refractivity contribution in [1.29, 1.82) is 0 Å². The summed E-state index contributed by atoms with van der Waals surface area (Å²) >= 11 is 0. The molecule has 0 amide bonds. The monoisotopic (exact) mass is 655 g/mol. The fraction of sp³-hybridized carbons (Fsp3) is 0.500. The molecule has 4 bridgehead atoms. The van der Waals surface area contributed by atoms with Gasteiger partial charge in [0.2, 0.25) is 0 Å². The van der Waals surface area contributed by atoms with E-state index in [2.05, 4.69) is 95.6 Å². The highest BCUT2D eigenvalue weighted by Crippen LogP contribution is 2.40. The minimum atomic E-state index is 0.612. The number of benzene rings is 2. The molecule has 0 radical (unpaired) electrons. The van der Waals surface area contributed by atoms with Crippen LogP contribution in [0.1, 0.15) is 22.5 Å². The number of aromatic amines is 2. The van der Waals surface area contributed by atoms with Crippen LogP contribution in [0.25, 0.3) is 21.9 Å². The topological polar surface area (TPSA) is 114 Å². The van der Waals surface area contributed by atoms with E-state index in [0.29, 0.717) is 39.5 Å². The Hall–Kier alpha value is -3.94. The summed E-state index contributed by atoms with van der Waals surface area (Å²) in [7, 11) is 0. The first-order chi connectivity index (χ1) is 23.6. The molecule has 48 heavy (non-hydrogen) atoms. The van der Waals surface area contributed by atoms with Crippen molar-refractivity contribution in [3.8, 4) is 0 Å². The highest BCUT2D eigenvalue weighted by Gasteiger charge is 2.23. The third-order valence-corrected chi connectivity index (χ3v) is 9.79. The molecule has 2 aliphatic rings. The number of furan rings is 1. The van der Waals surface area contributed by atoms with Gasteiger partial charge < -0.3 is 29.0 Å². The molecule has 7 rings (SSSR count). The van der Waals surface area contributed by atoms with Gasteiger partial charge in [-0.3, -0.25) is 20.0 Å². The lowest BCUT2D eigenvalue weighted by atomic mass is 10.1. The van der Waals surface area contributed by atoms with Crippen molar-refractivity contribution in [2.24, 2.45) is 0 Å². The summed E-state index contributed by atoms with van der Waals surface area (Å²) in [5.74, 6) is 0. The van der Waals surface area contributed by atoms with E-state index in [1.54, 1.807) is 0 Å². The Bertz CT molecular complexity index is 1640. The van der Waals surface area contributed by atoms with Crippen LogP contribution in [0.15, 0.2) is 53.2 Å². The van der Waals surface area contributed by atoms with E-state index in [4.69, 9.17) is 13.9 Å². The molecule has 0 aliphatic carbocycles. The Balaban J connectivity index is 1.33. The van der Waals surface area contributed by atoms with E-state index < -0.39 is 0 Å². The van der Waals surface area contributed by atoms with Crippen molar-refractivity contribution in [3.05, 3.63) is 71.3 Å². The van der Waals surface area contributed by atoms with E-state index in [-0.39, 0.29) is 0 Å². The molecule has 2 aromatic carbocycles. The number of aryl methyl sites for hydroxylation is 2. The number of fused-ring (bicyclic) bond motifs is 7. The van der Waals surface area contributed by atoms with E-state index in [1.807, 2.05) is 12.4 Å². The van der Waals surface area contributed by atoms with Crippen LogP contribution in [-0.4, -0.2) is 122 Å². The number of hydrogen-bond donors (Lipinski definition) is 3. The molecule has 1 saturated heterocycles. The first kappa shape index (κ1) is 32.6. The van der Waals surface area contributed by atoms with Crippen LogP contribution in [0.3, 0.4) is 0 Å². The molecule has 12 nitrogen and oxygen atoms in total.